The van der Waals surface area contributed by atoms with Crippen LogP contribution in [-0.2, 0) is 13.1 Å². The van der Waals surface area contributed by atoms with E-state index in [0.717, 1.165) is 17.5 Å². The van der Waals surface area contributed by atoms with E-state index >= 15 is 0 Å². The Labute approximate surface area is 165 Å². The topological polar surface area (TPSA) is 83.1 Å². The van der Waals surface area contributed by atoms with Gasteiger partial charge < -0.3 is 20.1 Å². The molecule has 1 aromatic carbocycles. The molecule has 8 nitrogen and oxygen atoms in total. The zero-order chi connectivity index (χ0) is 20.3. The minimum atomic E-state index is -0.766. The zero-order valence-electron chi connectivity index (χ0n) is 17.1. The standard InChI is InChI=1S/C20H28N4O4/c1-6-9-20-19(2,3)16-23(17(25)21-20)10-12-13(11-24(16)18(26)22-20)15(28-5)8-7-14(12)27-4/h7-8,16H,6,9-11H2,1-5H3,(H,21,25)(H,22,26). The monoisotopic (exact) mass is 388 g/mol. The molecule has 3 heterocycles. The molecule has 28 heavy (non-hydrogen) atoms. The molecule has 2 fully saturated rings. The Morgan fingerprint density at radius 1 is 1.00 bits per heavy atom. The number of nitrogens with one attached hydrogen (secondary N) is 2. The molecule has 2 saturated heterocycles. The van der Waals surface area contributed by atoms with Gasteiger partial charge in [-0.25, -0.2) is 9.59 Å². The summed E-state index contributed by atoms with van der Waals surface area (Å²) in [5.74, 6) is 1.37. The zero-order valence-corrected chi connectivity index (χ0v) is 17.1. The molecule has 1 aromatic rings. The lowest BCUT2D eigenvalue weighted by Crippen LogP contribution is -2.85. The Bertz CT molecular complexity index is 783. The fourth-order valence-corrected chi connectivity index (χ4v) is 5.11. The highest BCUT2D eigenvalue weighted by molar-refractivity contribution is 5.84. The lowest BCUT2D eigenvalue weighted by atomic mass is 9.69. The molecule has 4 amide bonds. The Kier molecular flexibility index (Phi) is 4.13. The average Bonchev–Trinajstić information content (AvgIpc) is 2.84. The van der Waals surface area contributed by atoms with Gasteiger partial charge >= 0.3 is 12.1 Å². The van der Waals surface area contributed by atoms with Crippen molar-refractivity contribution in [1.29, 1.82) is 0 Å². The van der Waals surface area contributed by atoms with Gasteiger partial charge in [-0.15, -0.1) is 0 Å². The van der Waals surface area contributed by atoms with E-state index in [4.69, 9.17) is 9.47 Å². The molecule has 0 atom stereocenters. The van der Waals surface area contributed by atoms with Crippen molar-refractivity contribution in [3.8, 4) is 11.5 Å². The Morgan fingerprint density at radius 2 is 1.46 bits per heavy atom. The third-order valence-corrected chi connectivity index (χ3v) is 6.57. The number of hydrogen-bond donors (Lipinski definition) is 2. The number of fused-ring (bicyclic) bond motifs is 2. The highest BCUT2D eigenvalue weighted by Crippen LogP contribution is 2.49. The SMILES string of the molecule is CCCC12NC(=O)N3Cc4c(OC)ccc(OC)c4CN(C(=O)N1)C3C2(C)C. The molecule has 2 N–H and O–H groups in total. The predicted molar refractivity (Wildman–Crippen MR) is 103 cm³/mol. The number of ether oxygens (including phenoxy) is 2. The Morgan fingerprint density at radius 3 is 1.86 bits per heavy atom. The molecule has 4 rings (SSSR count). The summed E-state index contributed by atoms with van der Waals surface area (Å²) in [4.78, 5) is 29.8. The number of methoxy groups -OCH3 is 2. The highest BCUT2D eigenvalue weighted by atomic mass is 16.5. The van der Waals surface area contributed by atoms with Gasteiger partial charge in [-0.05, 0) is 18.6 Å². The third-order valence-electron chi connectivity index (χ3n) is 6.57. The molecule has 8 heteroatoms. The maximum absolute atomic E-state index is 13.2. The van der Waals surface area contributed by atoms with E-state index in [1.54, 1.807) is 24.0 Å². The lowest BCUT2D eigenvalue weighted by molar-refractivity contribution is -0.110. The summed E-state index contributed by atoms with van der Waals surface area (Å²) in [5, 5.41) is 6.24. The van der Waals surface area contributed by atoms with Crippen LogP contribution >= 0.6 is 0 Å². The van der Waals surface area contributed by atoms with Crippen molar-refractivity contribution in [2.45, 2.75) is 58.5 Å². The van der Waals surface area contributed by atoms with Crippen molar-refractivity contribution in [3.05, 3.63) is 23.3 Å². The van der Waals surface area contributed by atoms with Crippen LogP contribution in [-0.4, -0.2) is 47.9 Å². The molecule has 0 aromatic heterocycles. The van der Waals surface area contributed by atoms with Gasteiger partial charge in [0.25, 0.3) is 0 Å². The molecule has 0 radical (unpaired) electrons. The maximum Gasteiger partial charge on any atom is 0.321 e. The van der Waals surface area contributed by atoms with E-state index < -0.39 is 11.1 Å². The van der Waals surface area contributed by atoms with E-state index in [0.29, 0.717) is 31.0 Å². The van der Waals surface area contributed by atoms with Crippen LogP contribution in [0.1, 0.15) is 44.7 Å². The number of hydrogen-bond acceptors (Lipinski definition) is 4. The van der Waals surface area contributed by atoms with Gasteiger partial charge in [-0.1, -0.05) is 27.2 Å². The van der Waals surface area contributed by atoms with Crippen LogP contribution in [0.15, 0.2) is 12.1 Å². The molecule has 152 valence electrons. The minimum Gasteiger partial charge on any atom is -0.496 e. The van der Waals surface area contributed by atoms with E-state index in [1.807, 2.05) is 12.1 Å². The molecule has 3 aliphatic heterocycles. The highest BCUT2D eigenvalue weighted by Gasteiger charge is 2.64. The van der Waals surface area contributed by atoms with Gasteiger partial charge in [0.15, 0.2) is 0 Å². The second-order valence-electron chi connectivity index (χ2n) is 8.29. The fraction of sp³-hybridized carbons (Fsp3) is 0.600. The van der Waals surface area contributed by atoms with Crippen LogP contribution in [0, 0.1) is 5.41 Å². The number of carbonyl (C=O) groups excluding carboxylic acids is 2. The second kappa shape index (κ2) is 6.18. The summed E-state index contributed by atoms with van der Waals surface area (Å²) in [5.41, 5.74) is 0.571. The predicted octanol–water partition coefficient (Wildman–Crippen LogP) is 2.62. The van der Waals surface area contributed by atoms with Crippen LogP contribution in [0.25, 0.3) is 0 Å². The van der Waals surface area contributed by atoms with Crippen LogP contribution in [0.3, 0.4) is 0 Å². The van der Waals surface area contributed by atoms with Gasteiger partial charge in [0.05, 0.1) is 27.3 Å². The van der Waals surface area contributed by atoms with Crippen LogP contribution in [0.5, 0.6) is 11.5 Å². The number of benzene rings is 1. The summed E-state index contributed by atoms with van der Waals surface area (Å²) in [7, 11) is 3.22. The summed E-state index contributed by atoms with van der Waals surface area (Å²) >= 11 is 0. The molecular weight excluding hydrogens is 360 g/mol. The number of carbonyl (C=O) groups is 2. The Balaban J connectivity index is 1.90. The van der Waals surface area contributed by atoms with Gasteiger partial charge in [0.2, 0.25) is 0 Å². The van der Waals surface area contributed by atoms with E-state index in [1.165, 1.54) is 0 Å². The lowest BCUT2D eigenvalue weighted by Gasteiger charge is -2.63. The summed E-state index contributed by atoms with van der Waals surface area (Å²) in [6, 6.07) is 3.33. The first kappa shape index (κ1) is 18.7. The van der Waals surface area contributed by atoms with Crippen molar-refractivity contribution in [3.63, 3.8) is 0 Å². The number of urea groups is 2. The normalized spacial score (nSPS) is 22.0. The van der Waals surface area contributed by atoms with Crippen LogP contribution in [0.2, 0.25) is 0 Å². The number of nitrogens with zero attached hydrogens (tertiary/aromatic N) is 2. The molecular formula is C20H28N4O4. The van der Waals surface area contributed by atoms with Gasteiger partial charge in [0.1, 0.15) is 23.3 Å². The van der Waals surface area contributed by atoms with Gasteiger partial charge in [-0.3, -0.25) is 9.80 Å². The second-order valence-corrected chi connectivity index (χ2v) is 8.29. The smallest absolute Gasteiger partial charge is 0.321 e. The average molecular weight is 388 g/mol. The molecule has 0 aliphatic carbocycles. The van der Waals surface area contributed by atoms with Crippen molar-refractivity contribution < 1.29 is 19.1 Å². The third kappa shape index (κ3) is 2.29. The van der Waals surface area contributed by atoms with E-state index in [2.05, 4.69) is 31.4 Å². The maximum atomic E-state index is 13.2. The van der Waals surface area contributed by atoms with Crippen molar-refractivity contribution >= 4 is 12.1 Å². The van der Waals surface area contributed by atoms with E-state index in [-0.39, 0.29) is 18.2 Å². The first-order chi connectivity index (χ1) is 13.3. The van der Waals surface area contributed by atoms with Crippen LogP contribution < -0.4 is 20.1 Å². The first-order valence-electron chi connectivity index (χ1n) is 9.70. The molecule has 0 spiro atoms. The number of rotatable bonds is 4. The van der Waals surface area contributed by atoms with Crippen molar-refractivity contribution in [2.24, 2.45) is 5.41 Å². The fourth-order valence-electron chi connectivity index (χ4n) is 5.11. The largest absolute Gasteiger partial charge is 0.496 e. The van der Waals surface area contributed by atoms with Crippen LogP contribution in [0.4, 0.5) is 9.59 Å². The van der Waals surface area contributed by atoms with Crippen molar-refractivity contribution in [1.82, 2.24) is 20.4 Å². The quantitative estimate of drug-likeness (QED) is 0.831. The van der Waals surface area contributed by atoms with Crippen molar-refractivity contribution in [2.75, 3.05) is 14.2 Å². The van der Waals surface area contributed by atoms with Gasteiger partial charge in [-0.2, -0.15) is 0 Å². The molecule has 3 aliphatic rings. The summed E-state index contributed by atoms with van der Waals surface area (Å²) in [6.07, 6.45) is 1.15. The molecule has 0 saturated carbocycles. The molecule has 0 unspecified atom stereocenters. The summed E-state index contributed by atoms with van der Waals surface area (Å²) in [6.45, 7) is 6.97. The van der Waals surface area contributed by atoms with Gasteiger partial charge in [0, 0.05) is 16.5 Å². The summed E-state index contributed by atoms with van der Waals surface area (Å²) < 4.78 is 11.1. The minimum absolute atomic E-state index is 0.180. The number of amides is 4. The van der Waals surface area contributed by atoms with E-state index in [9.17, 15) is 9.59 Å². The Hall–Kier alpha value is -2.64. The first-order valence-corrected chi connectivity index (χ1v) is 9.70. The molecule has 2 bridgehead atoms.